The molecule has 15 heavy (non-hydrogen) atoms. The number of hydrogen-bond acceptors (Lipinski definition) is 3. The fourth-order valence-corrected chi connectivity index (χ4v) is 1.77. The molecule has 0 aliphatic carbocycles. The summed E-state index contributed by atoms with van der Waals surface area (Å²) < 4.78 is 1.90. The van der Waals surface area contributed by atoms with Crippen LogP contribution in [0.4, 0.5) is 5.82 Å². The second-order valence-electron chi connectivity index (χ2n) is 3.33. The maximum atomic E-state index is 4.52. The van der Waals surface area contributed by atoms with Crippen molar-refractivity contribution in [2.75, 3.05) is 12.4 Å². The fraction of sp³-hybridized carbons (Fsp3) is 0.0909. The van der Waals surface area contributed by atoms with Gasteiger partial charge in [0.25, 0.3) is 0 Å². The quantitative estimate of drug-likeness (QED) is 0.649. The Kier molecular flexibility index (Phi) is 1.62. The molecule has 0 amide bonds. The average molecular weight is 198 g/mol. The van der Waals surface area contributed by atoms with Gasteiger partial charge < -0.3 is 5.32 Å². The molecule has 1 aromatic carbocycles. The van der Waals surface area contributed by atoms with E-state index >= 15 is 0 Å². The van der Waals surface area contributed by atoms with Gasteiger partial charge in [0.1, 0.15) is 5.52 Å². The molecule has 2 heterocycles. The second kappa shape index (κ2) is 2.95. The smallest absolute Gasteiger partial charge is 0.152 e. The maximum absolute atomic E-state index is 4.52. The maximum Gasteiger partial charge on any atom is 0.152 e. The average Bonchev–Trinajstić information content (AvgIpc) is 2.77. The van der Waals surface area contributed by atoms with Crippen molar-refractivity contribution in [3.05, 3.63) is 36.5 Å². The van der Waals surface area contributed by atoms with Crippen LogP contribution in [-0.4, -0.2) is 21.6 Å². The van der Waals surface area contributed by atoms with Crippen LogP contribution in [0.1, 0.15) is 0 Å². The predicted molar refractivity (Wildman–Crippen MR) is 60.0 cm³/mol. The lowest BCUT2D eigenvalue weighted by Gasteiger charge is -2.05. The summed E-state index contributed by atoms with van der Waals surface area (Å²) in [5.41, 5.74) is 2.96. The molecule has 0 saturated heterocycles. The van der Waals surface area contributed by atoms with Crippen molar-refractivity contribution in [1.29, 1.82) is 0 Å². The lowest BCUT2D eigenvalue weighted by atomic mass is 10.3. The molecule has 0 saturated carbocycles. The summed E-state index contributed by atoms with van der Waals surface area (Å²) in [6.07, 6.45) is 1.78. The number of anilines is 1. The summed E-state index contributed by atoms with van der Waals surface area (Å²) in [7, 11) is 1.87. The topological polar surface area (TPSA) is 42.2 Å². The van der Waals surface area contributed by atoms with Crippen LogP contribution >= 0.6 is 0 Å². The first-order valence-corrected chi connectivity index (χ1v) is 4.80. The van der Waals surface area contributed by atoms with Gasteiger partial charge in [-0.25, -0.2) is 9.50 Å². The zero-order valence-corrected chi connectivity index (χ0v) is 8.31. The summed E-state index contributed by atoms with van der Waals surface area (Å²) in [6.45, 7) is 0. The highest BCUT2D eigenvalue weighted by Gasteiger charge is 2.06. The molecule has 0 aliphatic rings. The Morgan fingerprint density at radius 2 is 2.00 bits per heavy atom. The molecule has 0 unspecified atom stereocenters. The number of fused-ring (bicyclic) bond motifs is 3. The van der Waals surface area contributed by atoms with Crippen LogP contribution in [0.5, 0.6) is 0 Å². The summed E-state index contributed by atoms with van der Waals surface area (Å²) >= 11 is 0. The summed E-state index contributed by atoms with van der Waals surface area (Å²) in [4.78, 5) is 4.52. The van der Waals surface area contributed by atoms with Crippen LogP contribution in [0, 0.1) is 0 Å². The SMILES string of the molecule is CNc1nc2ccccc2n2nccc12. The van der Waals surface area contributed by atoms with E-state index in [4.69, 9.17) is 0 Å². The molecular formula is C11H10N4. The Hall–Kier alpha value is -2.10. The van der Waals surface area contributed by atoms with Crippen molar-refractivity contribution < 1.29 is 0 Å². The Labute approximate surface area is 86.6 Å². The number of para-hydroxylation sites is 2. The van der Waals surface area contributed by atoms with Crippen LogP contribution < -0.4 is 5.32 Å². The van der Waals surface area contributed by atoms with Gasteiger partial charge in [0.2, 0.25) is 0 Å². The van der Waals surface area contributed by atoms with Crippen molar-refractivity contribution in [3.8, 4) is 0 Å². The Morgan fingerprint density at radius 3 is 2.87 bits per heavy atom. The van der Waals surface area contributed by atoms with Gasteiger partial charge in [0.05, 0.1) is 17.2 Å². The second-order valence-corrected chi connectivity index (χ2v) is 3.33. The Balaban J connectivity index is 2.57. The van der Waals surface area contributed by atoms with Gasteiger partial charge in [0, 0.05) is 7.05 Å². The lowest BCUT2D eigenvalue weighted by molar-refractivity contribution is 0.996. The number of nitrogens with one attached hydrogen (secondary N) is 1. The monoisotopic (exact) mass is 198 g/mol. The number of hydrogen-bond donors (Lipinski definition) is 1. The van der Waals surface area contributed by atoms with Crippen molar-refractivity contribution in [2.24, 2.45) is 0 Å². The highest BCUT2D eigenvalue weighted by atomic mass is 15.2. The number of nitrogens with zero attached hydrogens (tertiary/aromatic N) is 3. The van der Waals surface area contributed by atoms with Crippen LogP contribution in [0.2, 0.25) is 0 Å². The third-order valence-electron chi connectivity index (χ3n) is 2.46. The third-order valence-corrected chi connectivity index (χ3v) is 2.46. The molecule has 0 bridgehead atoms. The van der Waals surface area contributed by atoms with Crippen molar-refractivity contribution >= 4 is 22.4 Å². The van der Waals surface area contributed by atoms with Crippen LogP contribution in [0.3, 0.4) is 0 Å². The number of rotatable bonds is 1. The molecule has 0 radical (unpaired) electrons. The minimum atomic E-state index is 0.853. The zero-order chi connectivity index (χ0) is 10.3. The van der Waals surface area contributed by atoms with Gasteiger partial charge in [0.15, 0.2) is 5.82 Å². The van der Waals surface area contributed by atoms with Gasteiger partial charge in [-0.05, 0) is 18.2 Å². The lowest BCUT2D eigenvalue weighted by Crippen LogP contribution is -1.99. The molecular weight excluding hydrogens is 188 g/mol. The minimum Gasteiger partial charge on any atom is -0.371 e. The van der Waals surface area contributed by atoms with E-state index in [1.807, 2.05) is 41.9 Å². The predicted octanol–water partition coefficient (Wildman–Crippen LogP) is 1.92. The van der Waals surface area contributed by atoms with Gasteiger partial charge in [-0.3, -0.25) is 0 Å². The standard InChI is InChI=1S/C11H10N4/c1-12-11-10-6-7-13-15(10)9-5-3-2-4-8(9)14-11/h2-7H,1H3,(H,12,14). The minimum absolute atomic E-state index is 0.853. The molecule has 4 nitrogen and oxygen atoms in total. The van der Waals surface area contributed by atoms with Crippen molar-refractivity contribution in [2.45, 2.75) is 0 Å². The van der Waals surface area contributed by atoms with Crippen LogP contribution in [-0.2, 0) is 0 Å². The highest BCUT2D eigenvalue weighted by molar-refractivity contribution is 5.83. The first kappa shape index (κ1) is 8.23. The van der Waals surface area contributed by atoms with Gasteiger partial charge in [-0.15, -0.1) is 0 Å². The molecule has 0 fully saturated rings. The molecule has 3 aromatic rings. The Morgan fingerprint density at radius 1 is 1.13 bits per heavy atom. The molecule has 0 spiro atoms. The van der Waals surface area contributed by atoms with Gasteiger partial charge >= 0.3 is 0 Å². The largest absolute Gasteiger partial charge is 0.371 e. The van der Waals surface area contributed by atoms with E-state index in [1.165, 1.54) is 0 Å². The van der Waals surface area contributed by atoms with Crippen LogP contribution in [0.15, 0.2) is 36.5 Å². The molecule has 2 aromatic heterocycles. The molecule has 0 aliphatic heterocycles. The van der Waals surface area contributed by atoms with Gasteiger partial charge in [-0.2, -0.15) is 5.10 Å². The molecule has 0 atom stereocenters. The summed E-state index contributed by atoms with van der Waals surface area (Å²) in [5, 5.41) is 7.37. The van der Waals surface area contributed by atoms with E-state index in [0.717, 1.165) is 22.4 Å². The van der Waals surface area contributed by atoms with E-state index in [9.17, 15) is 0 Å². The highest BCUT2D eigenvalue weighted by Crippen LogP contribution is 2.19. The fourth-order valence-electron chi connectivity index (χ4n) is 1.77. The molecule has 1 N–H and O–H groups in total. The van der Waals surface area contributed by atoms with Gasteiger partial charge in [-0.1, -0.05) is 12.1 Å². The van der Waals surface area contributed by atoms with E-state index < -0.39 is 0 Å². The van der Waals surface area contributed by atoms with Crippen molar-refractivity contribution in [3.63, 3.8) is 0 Å². The van der Waals surface area contributed by atoms with E-state index in [0.29, 0.717) is 0 Å². The molecule has 74 valence electrons. The van der Waals surface area contributed by atoms with E-state index in [-0.39, 0.29) is 0 Å². The normalized spacial score (nSPS) is 11.0. The van der Waals surface area contributed by atoms with E-state index in [1.54, 1.807) is 6.20 Å². The molecule has 4 heteroatoms. The summed E-state index contributed by atoms with van der Waals surface area (Å²) in [6, 6.07) is 9.92. The van der Waals surface area contributed by atoms with Crippen molar-refractivity contribution in [1.82, 2.24) is 14.6 Å². The summed E-state index contributed by atoms with van der Waals surface area (Å²) in [5.74, 6) is 0.853. The number of aromatic nitrogens is 3. The van der Waals surface area contributed by atoms with Crippen LogP contribution in [0.25, 0.3) is 16.6 Å². The van der Waals surface area contributed by atoms with E-state index in [2.05, 4.69) is 15.4 Å². The Bertz CT molecular complexity index is 627. The zero-order valence-electron chi connectivity index (χ0n) is 8.31. The number of benzene rings is 1. The third kappa shape index (κ3) is 1.08. The first-order chi connectivity index (χ1) is 7.40. The first-order valence-electron chi connectivity index (χ1n) is 4.80. The molecule has 3 rings (SSSR count).